The Kier molecular flexibility index (Phi) is 4.03. The van der Waals surface area contributed by atoms with Crippen LogP contribution in [0.3, 0.4) is 0 Å². The average molecular weight is 286 g/mol. The molecule has 0 bridgehead atoms. The van der Waals surface area contributed by atoms with E-state index in [-0.39, 0.29) is 18.2 Å². The predicted octanol–water partition coefficient (Wildman–Crippen LogP) is 0.0738. The van der Waals surface area contributed by atoms with Gasteiger partial charge >= 0.3 is 5.97 Å². The van der Waals surface area contributed by atoms with E-state index in [2.05, 4.69) is 5.32 Å². The summed E-state index contributed by atoms with van der Waals surface area (Å²) in [6, 6.07) is -0.878. The van der Waals surface area contributed by atoms with Gasteiger partial charge in [0, 0.05) is 13.1 Å². The zero-order chi connectivity index (χ0) is 14.0. The van der Waals surface area contributed by atoms with Gasteiger partial charge in [-0.05, 0) is 25.5 Å². The molecule has 7 heteroatoms. The number of amides is 2. The quantitative estimate of drug-likeness (QED) is 0.767. The number of nitrogens with one attached hydrogen (secondary N) is 1. The molecular weight excluding hydrogens is 268 g/mol. The first-order chi connectivity index (χ1) is 8.94. The van der Waals surface area contributed by atoms with E-state index in [0.717, 1.165) is 18.6 Å². The number of hydrogen-bond donors (Lipinski definition) is 2. The molecule has 2 fully saturated rings. The summed E-state index contributed by atoms with van der Waals surface area (Å²) in [6.07, 6.45) is 1.43. The van der Waals surface area contributed by atoms with Gasteiger partial charge in [0.05, 0.1) is 11.2 Å². The third-order valence-electron chi connectivity index (χ3n) is 3.63. The van der Waals surface area contributed by atoms with E-state index < -0.39 is 16.8 Å². The van der Waals surface area contributed by atoms with Crippen LogP contribution in [-0.2, 0) is 14.4 Å². The molecule has 2 unspecified atom stereocenters. The van der Waals surface area contributed by atoms with Gasteiger partial charge in [0.25, 0.3) is 0 Å². The minimum absolute atomic E-state index is 0.101. The summed E-state index contributed by atoms with van der Waals surface area (Å²) in [5.74, 6) is -0.597. The second-order valence-electron chi connectivity index (χ2n) is 5.09. The molecule has 0 radical (unpaired) electrons. The summed E-state index contributed by atoms with van der Waals surface area (Å²) in [6.45, 7) is 2.66. The van der Waals surface area contributed by atoms with Crippen LogP contribution in [0.5, 0.6) is 0 Å². The van der Waals surface area contributed by atoms with Crippen LogP contribution in [0.15, 0.2) is 0 Å². The molecule has 19 heavy (non-hydrogen) atoms. The summed E-state index contributed by atoms with van der Waals surface area (Å²) < 4.78 is -0.506. The zero-order valence-corrected chi connectivity index (χ0v) is 11.7. The Balaban J connectivity index is 2.17. The van der Waals surface area contributed by atoms with Crippen molar-refractivity contribution >= 4 is 29.5 Å². The number of rotatable bonds is 3. The molecule has 0 aromatic carbocycles. The van der Waals surface area contributed by atoms with E-state index in [0.29, 0.717) is 13.1 Å². The van der Waals surface area contributed by atoms with E-state index in [9.17, 15) is 14.4 Å². The van der Waals surface area contributed by atoms with Crippen molar-refractivity contribution in [3.05, 3.63) is 0 Å². The van der Waals surface area contributed by atoms with Crippen molar-refractivity contribution in [2.75, 3.05) is 18.8 Å². The third-order valence-corrected chi connectivity index (χ3v) is 5.14. The van der Waals surface area contributed by atoms with Crippen molar-refractivity contribution in [1.82, 2.24) is 10.2 Å². The van der Waals surface area contributed by atoms with Gasteiger partial charge in [0.15, 0.2) is 0 Å². The monoisotopic (exact) mass is 286 g/mol. The van der Waals surface area contributed by atoms with Gasteiger partial charge in [-0.3, -0.25) is 14.4 Å². The van der Waals surface area contributed by atoms with Crippen molar-refractivity contribution in [2.45, 2.75) is 37.0 Å². The lowest BCUT2D eigenvalue weighted by molar-refractivity contribution is -0.149. The molecule has 0 saturated carbocycles. The maximum Gasteiger partial charge on any atom is 0.305 e. The van der Waals surface area contributed by atoms with Crippen LogP contribution in [0, 0.1) is 0 Å². The first-order valence-corrected chi connectivity index (χ1v) is 7.37. The number of carboxylic acids is 1. The molecule has 2 aliphatic rings. The molecule has 106 valence electrons. The van der Waals surface area contributed by atoms with E-state index in [1.165, 1.54) is 4.90 Å². The molecule has 0 spiro atoms. The number of carboxylic acid groups (broad SMARTS) is 1. The van der Waals surface area contributed by atoms with Gasteiger partial charge in [-0.15, -0.1) is 11.8 Å². The van der Waals surface area contributed by atoms with Crippen LogP contribution in [0.2, 0.25) is 0 Å². The minimum Gasteiger partial charge on any atom is -0.481 e. The fraction of sp³-hybridized carbons (Fsp3) is 0.750. The van der Waals surface area contributed by atoms with Gasteiger partial charge < -0.3 is 15.3 Å². The molecule has 2 aliphatic heterocycles. The largest absolute Gasteiger partial charge is 0.481 e. The number of hydrogen-bond acceptors (Lipinski definition) is 4. The summed E-state index contributed by atoms with van der Waals surface area (Å²) in [4.78, 5) is 36.7. The van der Waals surface area contributed by atoms with Crippen LogP contribution in [0.25, 0.3) is 0 Å². The molecule has 2 atom stereocenters. The Bertz CT molecular complexity index is 407. The first-order valence-electron chi connectivity index (χ1n) is 6.38. The second kappa shape index (κ2) is 5.40. The van der Waals surface area contributed by atoms with Gasteiger partial charge in [-0.1, -0.05) is 0 Å². The average Bonchev–Trinajstić information content (AvgIpc) is 2.79. The topological polar surface area (TPSA) is 86.7 Å². The van der Waals surface area contributed by atoms with Crippen LogP contribution in [0.4, 0.5) is 0 Å². The summed E-state index contributed by atoms with van der Waals surface area (Å²) in [5, 5.41) is 11.5. The Labute approximate surface area is 115 Å². The van der Waals surface area contributed by atoms with E-state index in [1.807, 2.05) is 6.92 Å². The molecule has 2 N–H and O–H groups in total. The highest BCUT2D eigenvalue weighted by atomic mass is 32.2. The van der Waals surface area contributed by atoms with Gasteiger partial charge in [0.2, 0.25) is 11.8 Å². The van der Waals surface area contributed by atoms with Crippen LogP contribution < -0.4 is 5.32 Å². The lowest BCUT2D eigenvalue weighted by atomic mass is 10.0. The second-order valence-corrected chi connectivity index (χ2v) is 6.68. The Morgan fingerprint density at radius 3 is 2.89 bits per heavy atom. The summed E-state index contributed by atoms with van der Waals surface area (Å²) in [5.41, 5.74) is 0. The van der Waals surface area contributed by atoms with E-state index in [4.69, 9.17) is 5.11 Å². The molecule has 0 aromatic rings. The molecular formula is C12H18N2O4S. The fourth-order valence-corrected chi connectivity index (χ4v) is 3.85. The van der Waals surface area contributed by atoms with Crippen molar-refractivity contribution in [3.63, 3.8) is 0 Å². The predicted molar refractivity (Wildman–Crippen MR) is 70.9 cm³/mol. The van der Waals surface area contributed by atoms with Crippen molar-refractivity contribution < 1.29 is 19.5 Å². The Hall–Kier alpha value is -1.24. The van der Waals surface area contributed by atoms with Crippen LogP contribution in [-0.4, -0.2) is 57.4 Å². The number of carbonyl (C=O) groups excluding carboxylic acids is 2. The van der Waals surface area contributed by atoms with Gasteiger partial charge in [-0.2, -0.15) is 0 Å². The fourth-order valence-electron chi connectivity index (χ4n) is 2.58. The Morgan fingerprint density at radius 1 is 1.58 bits per heavy atom. The lowest BCUT2D eigenvalue weighted by Crippen LogP contribution is -2.61. The van der Waals surface area contributed by atoms with Gasteiger partial charge in [-0.25, -0.2) is 0 Å². The molecule has 2 rings (SSSR count). The molecule has 2 heterocycles. The first kappa shape index (κ1) is 14.2. The highest BCUT2D eigenvalue weighted by Gasteiger charge is 2.44. The van der Waals surface area contributed by atoms with Crippen LogP contribution in [0.1, 0.15) is 26.2 Å². The number of nitrogens with zero attached hydrogens (tertiary/aromatic N) is 1. The zero-order valence-electron chi connectivity index (χ0n) is 10.8. The Morgan fingerprint density at radius 2 is 2.32 bits per heavy atom. The van der Waals surface area contributed by atoms with Crippen molar-refractivity contribution in [2.24, 2.45) is 0 Å². The minimum atomic E-state index is -1.07. The maximum atomic E-state index is 12.6. The smallest absolute Gasteiger partial charge is 0.305 e. The third kappa shape index (κ3) is 2.86. The number of thioether (sulfide) groups is 1. The number of aliphatic carboxylic acids is 1. The standard InChI is InChI=1S/C12H18N2O4S/c1-12(3-2-6-19-12)11(18)14-5-4-13-10(17)8(14)7-9(15)16/h8H,2-7H2,1H3,(H,13,17)(H,15,16). The van der Waals surface area contributed by atoms with Crippen LogP contribution >= 0.6 is 11.8 Å². The highest BCUT2D eigenvalue weighted by Crippen LogP contribution is 2.39. The summed E-state index contributed by atoms with van der Waals surface area (Å²) in [7, 11) is 0. The van der Waals surface area contributed by atoms with E-state index in [1.54, 1.807) is 11.8 Å². The molecule has 2 saturated heterocycles. The molecule has 6 nitrogen and oxygen atoms in total. The maximum absolute atomic E-state index is 12.6. The molecule has 0 aliphatic carbocycles. The number of carbonyl (C=O) groups is 3. The van der Waals surface area contributed by atoms with Crippen molar-refractivity contribution in [1.29, 1.82) is 0 Å². The lowest BCUT2D eigenvalue weighted by Gasteiger charge is -2.38. The number of piperazine rings is 1. The molecule has 0 aromatic heterocycles. The SMILES string of the molecule is CC1(C(=O)N2CCNC(=O)C2CC(=O)O)CCCS1. The normalized spacial score (nSPS) is 31.1. The molecule has 2 amide bonds. The summed E-state index contributed by atoms with van der Waals surface area (Å²) >= 11 is 1.60. The van der Waals surface area contributed by atoms with Gasteiger partial charge in [0.1, 0.15) is 6.04 Å². The highest BCUT2D eigenvalue weighted by molar-refractivity contribution is 8.01. The van der Waals surface area contributed by atoms with E-state index >= 15 is 0 Å². The van der Waals surface area contributed by atoms with Crippen molar-refractivity contribution in [3.8, 4) is 0 Å².